The molecule has 8 nitrogen and oxygen atoms in total. The maximum atomic E-state index is 11.7. The molecule has 2 rings (SSSR count). The van der Waals surface area contributed by atoms with Crippen molar-refractivity contribution in [1.29, 1.82) is 0 Å². The molecule has 2 aromatic carbocycles. The van der Waals surface area contributed by atoms with Crippen molar-refractivity contribution in [2.24, 2.45) is 0 Å². The lowest BCUT2D eigenvalue weighted by Crippen LogP contribution is -2.31. The standard InChI is InChI=1S/C12H15NO4.C12H17NO2.C2H6/c1-4-17-11(14)12(2,3)9-5-7-10(8-6-9)13(15)16;1-4-15-11(14)12(2,3)9-5-7-10(13)8-6-9;1-2/h5-8H,4H2,1-3H3;5-8H,4,13H2,1-3H3;1-2H3. The SMILES string of the molecule is CC.CCOC(=O)C(C)(C)c1ccc(N)cc1.CCOC(=O)C(C)(C)c1ccc([N+](=O)[O-])cc1. The molecule has 0 amide bonds. The molecule has 0 aliphatic rings. The number of carbonyl (C=O) groups excluding carboxylic acids is 2. The van der Waals surface area contributed by atoms with Crippen LogP contribution in [0.15, 0.2) is 48.5 Å². The zero-order valence-electron chi connectivity index (χ0n) is 21.5. The molecule has 0 aromatic heterocycles. The first kappa shape index (κ1) is 30.6. The Balaban J connectivity index is 0.000000601. The second-order valence-corrected chi connectivity index (χ2v) is 8.12. The lowest BCUT2D eigenvalue weighted by Gasteiger charge is -2.22. The van der Waals surface area contributed by atoms with Crippen molar-refractivity contribution in [2.75, 3.05) is 18.9 Å². The fourth-order valence-corrected chi connectivity index (χ4v) is 2.76. The zero-order valence-corrected chi connectivity index (χ0v) is 21.5. The number of non-ortho nitro benzene ring substituents is 1. The summed E-state index contributed by atoms with van der Waals surface area (Å²) in [6.07, 6.45) is 0. The van der Waals surface area contributed by atoms with Crippen molar-refractivity contribution in [3.8, 4) is 0 Å². The number of benzene rings is 2. The highest BCUT2D eigenvalue weighted by Gasteiger charge is 2.32. The summed E-state index contributed by atoms with van der Waals surface area (Å²) in [5.41, 5.74) is 6.48. The maximum absolute atomic E-state index is 11.7. The summed E-state index contributed by atoms with van der Waals surface area (Å²) in [6.45, 7) is 15.4. The molecular weight excluding hydrogens is 436 g/mol. The van der Waals surface area contributed by atoms with Crippen LogP contribution in [0.25, 0.3) is 0 Å². The van der Waals surface area contributed by atoms with E-state index in [0.717, 1.165) is 5.56 Å². The van der Waals surface area contributed by atoms with Gasteiger partial charge in [-0.2, -0.15) is 0 Å². The van der Waals surface area contributed by atoms with E-state index < -0.39 is 15.8 Å². The first-order valence-electron chi connectivity index (χ1n) is 11.3. The Bertz CT molecular complexity index is 919. The van der Waals surface area contributed by atoms with Gasteiger partial charge in [-0.3, -0.25) is 19.7 Å². The average Bonchev–Trinajstić information content (AvgIpc) is 2.81. The number of nitrogens with zero attached hydrogens (tertiary/aromatic N) is 1. The van der Waals surface area contributed by atoms with Crippen LogP contribution in [0.1, 0.15) is 66.5 Å². The highest BCUT2D eigenvalue weighted by molar-refractivity contribution is 5.82. The largest absolute Gasteiger partial charge is 0.465 e. The number of carbonyl (C=O) groups is 2. The molecule has 0 aliphatic carbocycles. The fourth-order valence-electron chi connectivity index (χ4n) is 2.76. The summed E-state index contributed by atoms with van der Waals surface area (Å²) in [5.74, 6) is -0.552. The summed E-state index contributed by atoms with van der Waals surface area (Å²) in [5, 5.41) is 10.5. The second kappa shape index (κ2) is 14.0. The van der Waals surface area contributed by atoms with Crippen LogP contribution >= 0.6 is 0 Å². The van der Waals surface area contributed by atoms with Crippen molar-refractivity contribution in [1.82, 2.24) is 0 Å². The first-order valence-corrected chi connectivity index (χ1v) is 11.3. The van der Waals surface area contributed by atoms with Gasteiger partial charge in [0, 0.05) is 17.8 Å². The summed E-state index contributed by atoms with van der Waals surface area (Å²) >= 11 is 0. The number of anilines is 1. The quantitative estimate of drug-likeness (QED) is 0.241. The van der Waals surface area contributed by atoms with Crippen molar-refractivity contribution in [3.63, 3.8) is 0 Å². The smallest absolute Gasteiger partial charge is 0.315 e. The highest BCUT2D eigenvalue weighted by Crippen LogP contribution is 2.27. The Morgan fingerprint density at radius 1 is 0.794 bits per heavy atom. The third-order valence-electron chi connectivity index (χ3n) is 5.00. The van der Waals surface area contributed by atoms with Gasteiger partial charge in [-0.1, -0.05) is 38.1 Å². The Labute approximate surface area is 202 Å². The molecular formula is C26H38N2O6. The van der Waals surface area contributed by atoms with Gasteiger partial charge in [0.2, 0.25) is 0 Å². The predicted molar refractivity (Wildman–Crippen MR) is 135 cm³/mol. The summed E-state index contributed by atoms with van der Waals surface area (Å²) in [4.78, 5) is 33.5. The van der Waals surface area contributed by atoms with Crippen molar-refractivity contribution in [2.45, 2.75) is 66.2 Å². The molecule has 2 N–H and O–H groups in total. The third kappa shape index (κ3) is 8.50. The molecule has 0 unspecified atom stereocenters. The number of ether oxygens (including phenoxy) is 2. The topological polar surface area (TPSA) is 122 Å². The van der Waals surface area contributed by atoms with Gasteiger partial charge >= 0.3 is 11.9 Å². The van der Waals surface area contributed by atoms with Gasteiger partial charge in [-0.25, -0.2) is 0 Å². The minimum Gasteiger partial charge on any atom is -0.465 e. The Morgan fingerprint density at radius 2 is 1.12 bits per heavy atom. The van der Waals surface area contributed by atoms with E-state index in [4.69, 9.17) is 15.2 Å². The number of rotatable bonds is 7. The molecule has 0 aliphatic heterocycles. The van der Waals surface area contributed by atoms with E-state index in [1.807, 2.05) is 39.8 Å². The van der Waals surface area contributed by atoms with Gasteiger partial charge in [-0.15, -0.1) is 0 Å². The molecule has 8 heteroatoms. The van der Waals surface area contributed by atoms with Gasteiger partial charge in [0.15, 0.2) is 0 Å². The molecule has 2 aromatic rings. The summed E-state index contributed by atoms with van der Waals surface area (Å²) in [6, 6.07) is 13.2. The Hall–Kier alpha value is -3.42. The number of hydrogen-bond acceptors (Lipinski definition) is 7. The van der Waals surface area contributed by atoms with E-state index in [2.05, 4.69) is 0 Å². The normalized spacial score (nSPS) is 10.6. The first-order chi connectivity index (χ1) is 15.9. The molecule has 0 radical (unpaired) electrons. The Morgan fingerprint density at radius 3 is 1.41 bits per heavy atom. The van der Waals surface area contributed by atoms with E-state index in [1.165, 1.54) is 12.1 Å². The van der Waals surface area contributed by atoms with Crippen molar-refractivity contribution < 1.29 is 24.0 Å². The number of nitrogen functional groups attached to an aromatic ring is 1. The van der Waals surface area contributed by atoms with Crippen LogP contribution in [0.3, 0.4) is 0 Å². The second-order valence-electron chi connectivity index (χ2n) is 8.12. The number of hydrogen-bond donors (Lipinski definition) is 1. The van der Waals surface area contributed by atoms with Crippen LogP contribution < -0.4 is 5.73 Å². The molecule has 0 fully saturated rings. The summed E-state index contributed by atoms with van der Waals surface area (Å²) < 4.78 is 9.99. The average molecular weight is 475 g/mol. The maximum Gasteiger partial charge on any atom is 0.315 e. The summed E-state index contributed by atoms with van der Waals surface area (Å²) in [7, 11) is 0. The molecule has 0 saturated carbocycles. The molecule has 34 heavy (non-hydrogen) atoms. The van der Waals surface area contributed by atoms with E-state index in [1.54, 1.807) is 52.0 Å². The monoisotopic (exact) mass is 474 g/mol. The molecule has 0 bridgehead atoms. The Kier molecular flexibility index (Phi) is 12.6. The van der Waals surface area contributed by atoms with Crippen LogP contribution in [-0.4, -0.2) is 30.1 Å². The molecule has 0 spiro atoms. The predicted octanol–water partition coefficient (Wildman–Crippen LogP) is 5.57. The molecule has 0 saturated heterocycles. The van der Waals surface area contributed by atoms with Crippen molar-refractivity contribution >= 4 is 23.3 Å². The lowest BCUT2D eigenvalue weighted by atomic mass is 9.85. The van der Waals surface area contributed by atoms with Crippen LogP contribution in [0, 0.1) is 10.1 Å². The van der Waals surface area contributed by atoms with Gasteiger partial charge in [0.25, 0.3) is 5.69 Å². The molecule has 0 atom stereocenters. The highest BCUT2D eigenvalue weighted by atomic mass is 16.6. The number of nitrogens with two attached hydrogens (primary N) is 1. The van der Waals surface area contributed by atoms with Gasteiger partial charge in [0.1, 0.15) is 0 Å². The van der Waals surface area contributed by atoms with E-state index in [9.17, 15) is 19.7 Å². The number of nitro benzene ring substituents is 1. The van der Waals surface area contributed by atoms with E-state index >= 15 is 0 Å². The van der Waals surface area contributed by atoms with Gasteiger partial charge in [0.05, 0.1) is 29.0 Å². The van der Waals surface area contributed by atoms with Crippen molar-refractivity contribution in [3.05, 3.63) is 69.8 Å². The minimum atomic E-state index is -0.800. The number of nitro groups is 1. The lowest BCUT2D eigenvalue weighted by molar-refractivity contribution is -0.384. The third-order valence-corrected chi connectivity index (χ3v) is 5.00. The van der Waals surface area contributed by atoms with E-state index in [-0.39, 0.29) is 17.6 Å². The molecule has 0 heterocycles. The zero-order chi connectivity index (χ0) is 26.5. The van der Waals surface area contributed by atoms with Crippen LogP contribution in [0.2, 0.25) is 0 Å². The van der Waals surface area contributed by atoms with Gasteiger partial charge < -0.3 is 15.2 Å². The van der Waals surface area contributed by atoms with Crippen LogP contribution in [0.5, 0.6) is 0 Å². The van der Waals surface area contributed by atoms with Crippen LogP contribution in [-0.2, 0) is 29.9 Å². The van der Waals surface area contributed by atoms with Crippen LogP contribution in [0.4, 0.5) is 11.4 Å². The fraction of sp³-hybridized carbons (Fsp3) is 0.462. The minimum absolute atomic E-state index is 0.00779. The number of esters is 2. The van der Waals surface area contributed by atoms with E-state index in [0.29, 0.717) is 24.5 Å². The van der Waals surface area contributed by atoms with Gasteiger partial charge in [-0.05, 0) is 64.8 Å². The molecule has 188 valence electrons.